The summed E-state index contributed by atoms with van der Waals surface area (Å²) in [7, 11) is 0. The molecule has 1 aromatic rings. The van der Waals surface area contributed by atoms with Crippen molar-refractivity contribution in [3.8, 4) is 5.75 Å². The zero-order valence-electron chi connectivity index (χ0n) is 15.4. The Morgan fingerprint density at radius 2 is 1.72 bits per heavy atom. The molecule has 0 unspecified atom stereocenters. The van der Waals surface area contributed by atoms with Crippen LogP contribution in [0.2, 0.25) is 0 Å². The van der Waals surface area contributed by atoms with Gasteiger partial charge in [0, 0.05) is 11.2 Å². The van der Waals surface area contributed by atoms with Crippen LogP contribution in [0, 0.1) is 0 Å². The number of benzene rings is 1. The highest BCUT2D eigenvalue weighted by molar-refractivity contribution is 5.96. The summed E-state index contributed by atoms with van der Waals surface area (Å²) < 4.78 is 0. The maximum atomic E-state index is 12.3. The van der Waals surface area contributed by atoms with E-state index in [4.69, 9.17) is 0 Å². The number of rotatable bonds is 3. The van der Waals surface area contributed by atoms with Gasteiger partial charge in [-0.15, -0.1) is 0 Å². The summed E-state index contributed by atoms with van der Waals surface area (Å²) in [4.78, 5) is 27.5. The van der Waals surface area contributed by atoms with Crippen LogP contribution in [0.1, 0.15) is 27.7 Å². The van der Waals surface area contributed by atoms with E-state index >= 15 is 0 Å². The quantitative estimate of drug-likeness (QED) is 0.624. The molecular formula is C18H29N4O3+. The van der Waals surface area contributed by atoms with Crippen LogP contribution in [0.4, 0.5) is 10.5 Å². The molecule has 0 saturated carbocycles. The smallest absolute Gasteiger partial charge is 0.322 e. The number of hydrogen-bond donors (Lipinski definition) is 4. The summed E-state index contributed by atoms with van der Waals surface area (Å²) in [6, 6.07) is 6.41. The van der Waals surface area contributed by atoms with Gasteiger partial charge in [-0.2, -0.15) is 0 Å². The van der Waals surface area contributed by atoms with Crippen LogP contribution in [0.3, 0.4) is 0 Å². The Morgan fingerprint density at radius 1 is 1.16 bits per heavy atom. The van der Waals surface area contributed by atoms with E-state index in [0.717, 1.165) is 36.8 Å². The van der Waals surface area contributed by atoms with Crippen molar-refractivity contribution in [3.63, 3.8) is 0 Å². The third kappa shape index (κ3) is 5.63. The summed E-state index contributed by atoms with van der Waals surface area (Å²) >= 11 is 0. The van der Waals surface area contributed by atoms with Gasteiger partial charge in [0.05, 0.1) is 26.2 Å². The third-order valence-electron chi connectivity index (χ3n) is 4.35. The second-order valence-electron chi connectivity index (χ2n) is 7.58. The maximum Gasteiger partial charge on any atom is 0.322 e. The maximum absolute atomic E-state index is 12.3. The highest BCUT2D eigenvalue weighted by Gasteiger charge is 2.30. The van der Waals surface area contributed by atoms with E-state index in [1.807, 2.05) is 39.8 Å². The van der Waals surface area contributed by atoms with Crippen molar-refractivity contribution in [2.45, 2.75) is 39.3 Å². The monoisotopic (exact) mass is 349 g/mol. The molecule has 25 heavy (non-hydrogen) atoms. The first-order valence-electron chi connectivity index (χ1n) is 8.67. The van der Waals surface area contributed by atoms with Gasteiger partial charge in [-0.1, -0.05) is 0 Å². The van der Waals surface area contributed by atoms with Crippen molar-refractivity contribution in [2.75, 3.05) is 31.1 Å². The van der Waals surface area contributed by atoms with Gasteiger partial charge in [-0.25, -0.2) is 4.79 Å². The zero-order chi connectivity index (χ0) is 18.6. The summed E-state index contributed by atoms with van der Waals surface area (Å²) in [5.41, 5.74) is 0.689. The first-order valence-corrected chi connectivity index (χ1v) is 8.67. The standard InChI is InChI=1S/C18H28N4O3/c1-13(16(24)19-17(25)20-18(2,3)4)21-9-11-22(12-10-21)14-5-7-15(23)8-6-14/h5-8,13,23H,9-12H2,1-4H3,(H2,19,20,24,25)/p+1/t13-/m1/s1. The molecule has 1 heterocycles. The normalized spacial score (nSPS) is 17.0. The molecule has 0 aromatic heterocycles. The van der Waals surface area contributed by atoms with E-state index in [2.05, 4.69) is 15.5 Å². The summed E-state index contributed by atoms with van der Waals surface area (Å²) in [6.07, 6.45) is 0. The Labute approximate surface area is 149 Å². The van der Waals surface area contributed by atoms with Crippen molar-refractivity contribution >= 4 is 17.6 Å². The molecule has 138 valence electrons. The van der Waals surface area contributed by atoms with Crippen LogP contribution in [-0.4, -0.2) is 54.8 Å². The molecule has 0 bridgehead atoms. The van der Waals surface area contributed by atoms with Crippen molar-refractivity contribution in [2.24, 2.45) is 0 Å². The minimum Gasteiger partial charge on any atom is -0.508 e. The number of carbonyl (C=O) groups is 2. The molecule has 1 aliphatic rings. The van der Waals surface area contributed by atoms with E-state index < -0.39 is 6.03 Å². The summed E-state index contributed by atoms with van der Waals surface area (Å²) in [5, 5.41) is 14.5. The van der Waals surface area contributed by atoms with Gasteiger partial charge in [0.25, 0.3) is 5.91 Å². The molecule has 1 aromatic carbocycles. The van der Waals surface area contributed by atoms with Crippen molar-refractivity contribution in [1.82, 2.24) is 10.6 Å². The Morgan fingerprint density at radius 3 is 2.24 bits per heavy atom. The van der Waals surface area contributed by atoms with Crippen molar-refractivity contribution in [1.29, 1.82) is 0 Å². The fraction of sp³-hybridized carbons (Fsp3) is 0.556. The number of anilines is 1. The molecule has 1 aliphatic heterocycles. The fourth-order valence-corrected chi connectivity index (χ4v) is 2.93. The largest absolute Gasteiger partial charge is 0.508 e. The number of phenols is 1. The molecule has 0 radical (unpaired) electrons. The first-order chi connectivity index (χ1) is 11.7. The van der Waals surface area contributed by atoms with Crippen molar-refractivity contribution < 1.29 is 19.6 Å². The van der Waals surface area contributed by atoms with E-state index in [9.17, 15) is 14.7 Å². The van der Waals surface area contributed by atoms with Crippen LogP contribution < -0.4 is 20.4 Å². The van der Waals surface area contributed by atoms with E-state index in [-0.39, 0.29) is 23.2 Å². The van der Waals surface area contributed by atoms with E-state index in [1.54, 1.807) is 12.1 Å². The van der Waals surface area contributed by atoms with Crippen LogP contribution in [0.5, 0.6) is 5.75 Å². The minimum absolute atomic E-state index is 0.255. The van der Waals surface area contributed by atoms with Crippen molar-refractivity contribution in [3.05, 3.63) is 24.3 Å². The molecule has 7 heteroatoms. The van der Waals surface area contributed by atoms with Gasteiger partial charge >= 0.3 is 6.03 Å². The number of urea groups is 1. The molecule has 3 amide bonds. The highest BCUT2D eigenvalue weighted by Crippen LogP contribution is 2.18. The lowest BCUT2D eigenvalue weighted by atomic mass is 10.1. The van der Waals surface area contributed by atoms with Gasteiger partial charge in [0.15, 0.2) is 6.04 Å². The lowest BCUT2D eigenvalue weighted by Gasteiger charge is -2.36. The Balaban J connectivity index is 1.84. The van der Waals surface area contributed by atoms with Gasteiger partial charge in [0.1, 0.15) is 5.75 Å². The van der Waals surface area contributed by atoms with Gasteiger partial charge in [0.2, 0.25) is 0 Å². The number of phenolic OH excluding ortho intramolecular Hbond substituents is 1. The van der Waals surface area contributed by atoms with E-state index in [1.165, 1.54) is 0 Å². The Kier molecular flexibility index (Phi) is 5.89. The molecular weight excluding hydrogens is 320 g/mol. The topological polar surface area (TPSA) is 86.1 Å². The molecule has 0 aliphatic carbocycles. The molecule has 0 spiro atoms. The van der Waals surface area contributed by atoms with E-state index in [0.29, 0.717) is 0 Å². The number of quaternary nitrogens is 1. The number of nitrogens with zero attached hydrogens (tertiary/aromatic N) is 1. The Bertz CT molecular complexity index is 602. The molecule has 4 N–H and O–H groups in total. The van der Waals surface area contributed by atoms with Crippen LogP contribution in [0.25, 0.3) is 0 Å². The Hall–Kier alpha value is -2.28. The van der Waals surface area contributed by atoms with Crippen LogP contribution in [0.15, 0.2) is 24.3 Å². The third-order valence-corrected chi connectivity index (χ3v) is 4.35. The highest BCUT2D eigenvalue weighted by atomic mass is 16.3. The summed E-state index contributed by atoms with van der Waals surface area (Å²) in [6.45, 7) is 10.7. The van der Waals surface area contributed by atoms with Crippen LogP contribution in [-0.2, 0) is 4.79 Å². The second-order valence-corrected chi connectivity index (χ2v) is 7.58. The number of imide groups is 1. The molecule has 1 atom stereocenters. The van der Waals surface area contributed by atoms with Crippen LogP contribution >= 0.6 is 0 Å². The fourth-order valence-electron chi connectivity index (χ4n) is 2.93. The predicted octanol–water partition coefficient (Wildman–Crippen LogP) is 0.110. The molecule has 2 rings (SSSR count). The van der Waals surface area contributed by atoms with Gasteiger partial charge < -0.3 is 20.2 Å². The lowest BCUT2D eigenvalue weighted by molar-refractivity contribution is -0.914. The van der Waals surface area contributed by atoms with Gasteiger partial charge in [-0.3, -0.25) is 10.1 Å². The number of nitrogens with one attached hydrogen (secondary N) is 3. The zero-order valence-corrected chi connectivity index (χ0v) is 15.4. The number of aromatic hydroxyl groups is 1. The molecule has 1 fully saturated rings. The number of piperazine rings is 1. The number of hydrogen-bond acceptors (Lipinski definition) is 4. The SMILES string of the molecule is C[C@H](C(=O)NC(=O)NC(C)(C)C)[NH+]1CCN(c2ccc(O)cc2)CC1. The summed E-state index contributed by atoms with van der Waals surface area (Å²) in [5.74, 6) is 0.00155. The predicted molar refractivity (Wildman–Crippen MR) is 96.9 cm³/mol. The number of carbonyl (C=O) groups excluding carboxylic acids is 2. The molecule has 7 nitrogen and oxygen atoms in total. The van der Waals surface area contributed by atoms with Gasteiger partial charge in [-0.05, 0) is 52.0 Å². The number of amides is 3. The average molecular weight is 349 g/mol. The second kappa shape index (κ2) is 7.74. The average Bonchev–Trinajstić information content (AvgIpc) is 2.53. The first kappa shape index (κ1) is 19.1. The molecule has 1 saturated heterocycles. The lowest BCUT2D eigenvalue weighted by Crippen LogP contribution is -3.19. The minimum atomic E-state index is -0.452.